The Labute approximate surface area is 76.5 Å². The molecule has 0 aliphatic carbocycles. The van der Waals surface area contributed by atoms with Gasteiger partial charge in [0.1, 0.15) is 0 Å². The van der Waals surface area contributed by atoms with Gasteiger partial charge in [-0.1, -0.05) is 0 Å². The minimum absolute atomic E-state index is 0.304. The van der Waals surface area contributed by atoms with E-state index < -0.39 is 11.5 Å². The number of thioether (sulfide) groups is 1. The second kappa shape index (κ2) is 3.66. The molecular formula is C8H14O3S. The van der Waals surface area contributed by atoms with E-state index in [0.29, 0.717) is 12.2 Å². The second-order valence-corrected chi connectivity index (χ2v) is 4.37. The van der Waals surface area contributed by atoms with Gasteiger partial charge >= 0.3 is 5.97 Å². The number of methoxy groups -OCH3 is 1. The molecule has 3 nitrogen and oxygen atoms in total. The highest BCUT2D eigenvalue weighted by atomic mass is 32.2. The Hall–Kier alpha value is -0.220. The molecule has 2 atom stereocenters. The Kier molecular flexibility index (Phi) is 3.01. The topological polar surface area (TPSA) is 46.5 Å². The molecule has 1 aliphatic rings. The van der Waals surface area contributed by atoms with Crippen molar-refractivity contribution in [1.29, 1.82) is 0 Å². The number of hydrogen-bond donors (Lipinski definition) is 1. The monoisotopic (exact) mass is 190 g/mol. The first-order chi connectivity index (χ1) is 5.61. The number of esters is 1. The lowest BCUT2D eigenvalue weighted by Crippen LogP contribution is -2.45. The highest BCUT2D eigenvalue weighted by Crippen LogP contribution is 2.35. The molecular weight excluding hydrogens is 176 g/mol. The van der Waals surface area contributed by atoms with E-state index in [9.17, 15) is 9.90 Å². The minimum atomic E-state index is -0.697. The van der Waals surface area contributed by atoms with Crippen molar-refractivity contribution >= 4 is 17.7 Å². The van der Waals surface area contributed by atoms with Crippen LogP contribution in [-0.4, -0.2) is 35.8 Å². The Bertz CT molecular complexity index is 183. The maximum Gasteiger partial charge on any atom is 0.315 e. The number of carbonyl (C=O) groups is 1. The van der Waals surface area contributed by atoms with Crippen molar-refractivity contribution in [2.45, 2.75) is 19.4 Å². The molecule has 0 aromatic heterocycles. The molecule has 0 spiro atoms. The van der Waals surface area contributed by atoms with E-state index >= 15 is 0 Å². The summed E-state index contributed by atoms with van der Waals surface area (Å²) >= 11 is 1.69. The van der Waals surface area contributed by atoms with Crippen LogP contribution in [0.5, 0.6) is 0 Å². The molecule has 1 fully saturated rings. The van der Waals surface area contributed by atoms with Crippen molar-refractivity contribution < 1.29 is 14.6 Å². The number of rotatable bonds is 1. The van der Waals surface area contributed by atoms with Crippen LogP contribution in [0.4, 0.5) is 0 Å². The third kappa shape index (κ3) is 1.59. The van der Waals surface area contributed by atoms with Gasteiger partial charge in [0.15, 0.2) is 0 Å². The summed E-state index contributed by atoms with van der Waals surface area (Å²) in [6.45, 7) is 1.76. The smallest absolute Gasteiger partial charge is 0.315 e. The van der Waals surface area contributed by atoms with Crippen LogP contribution in [0.1, 0.15) is 13.3 Å². The van der Waals surface area contributed by atoms with E-state index in [2.05, 4.69) is 4.74 Å². The SMILES string of the molecule is COC(=O)C1(C)CSCCC1O. The molecule has 1 saturated heterocycles. The summed E-state index contributed by atoms with van der Waals surface area (Å²) in [5, 5.41) is 9.62. The number of aliphatic hydroxyl groups excluding tert-OH is 1. The van der Waals surface area contributed by atoms with Gasteiger partial charge in [0, 0.05) is 5.75 Å². The zero-order chi connectivity index (χ0) is 9.19. The highest BCUT2D eigenvalue weighted by molar-refractivity contribution is 7.99. The molecule has 0 amide bonds. The summed E-state index contributed by atoms with van der Waals surface area (Å²) in [7, 11) is 1.36. The zero-order valence-corrected chi connectivity index (χ0v) is 8.19. The average Bonchev–Trinajstić information content (AvgIpc) is 2.09. The lowest BCUT2D eigenvalue weighted by atomic mass is 9.84. The van der Waals surface area contributed by atoms with Crippen LogP contribution in [0.25, 0.3) is 0 Å². The Morgan fingerprint density at radius 3 is 2.92 bits per heavy atom. The maximum atomic E-state index is 11.3. The Balaban J connectivity index is 2.72. The van der Waals surface area contributed by atoms with Crippen LogP contribution in [0.3, 0.4) is 0 Å². The van der Waals surface area contributed by atoms with Gasteiger partial charge in [-0.05, 0) is 19.1 Å². The number of ether oxygens (including phenoxy) is 1. The first-order valence-electron chi connectivity index (χ1n) is 3.95. The predicted molar refractivity (Wildman–Crippen MR) is 48.1 cm³/mol. The fourth-order valence-corrected chi connectivity index (χ4v) is 2.59. The molecule has 0 radical (unpaired) electrons. The molecule has 0 aromatic carbocycles. The van der Waals surface area contributed by atoms with E-state index in [4.69, 9.17) is 0 Å². The fourth-order valence-electron chi connectivity index (χ4n) is 1.32. The third-order valence-corrected chi connectivity index (χ3v) is 3.65. The third-order valence-electron chi connectivity index (χ3n) is 2.32. The lowest BCUT2D eigenvalue weighted by molar-refractivity contribution is -0.157. The maximum absolute atomic E-state index is 11.3. The van der Waals surface area contributed by atoms with Gasteiger partial charge in [0.2, 0.25) is 0 Å². The van der Waals surface area contributed by atoms with E-state index in [1.54, 1.807) is 18.7 Å². The molecule has 1 aliphatic heterocycles. The van der Waals surface area contributed by atoms with Crippen LogP contribution in [0.15, 0.2) is 0 Å². The van der Waals surface area contributed by atoms with Crippen molar-refractivity contribution in [2.24, 2.45) is 5.41 Å². The minimum Gasteiger partial charge on any atom is -0.469 e. The summed E-state index contributed by atoms with van der Waals surface area (Å²) in [6, 6.07) is 0. The quantitative estimate of drug-likeness (QED) is 0.617. The zero-order valence-electron chi connectivity index (χ0n) is 7.37. The molecule has 0 saturated carbocycles. The van der Waals surface area contributed by atoms with E-state index in [1.165, 1.54) is 7.11 Å². The van der Waals surface area contributed by atoms with Crippen LogP contribution >= 0.6 is 11.8 Å². The molecule has 70 valence electrons. The van der Waals surface area contributed by atoms with Gasteiger partial charge in [0.05, 0.1) is 18.6 Å². The van der Waals surface area contributed by atoms with Crippen molar-refractivity contribution in [3.8, 4) is 0 Å². The number of carbonyl (C=O) groups excluding carboxylic acids is 1. The Morgan fingerprint density at radius 2 is 2.42 bits per heavy atom. The summed E-state index contributed by atoms with van der Waals surface area (Å²) in [6.07, 6.45) is 0.127. The molecule has 0 aromatic rings. The van der Waals surface area contributed by atoms with Crippen molar-refractivity contribution in [2.75, 3.05) is 18.6 Å². The van der Waals surface area contributed by atoms with Crippen molar-refractivity contribution in [1.82, 2.24) is 0 Å². The van der Waals surface area contributed by atoms with Crippen LogP contribution < -0.4 is 0 Å². The largest absolute Gasteiger partial charge is 0.469 e. The van der Waals surface area contributed by atoms with Gasteiger partial charge in [-0.3, -0.25) is 4.79 Å². The summed E-state index contributed by atoms with van der Waals surface area (Å²) in [5.74, 6) is 1.27. The summed E-state index contributed by atoms with van der Waals surface area (Å²) in [5.41, 5.74) is -0.697. The number of hydrogen-bond acceptors (Lipinski definition) is 4. The van der Waals surface area contributed by atoms with Crippen LogP contribution in [0.2, 0.25) is 0 Å². The van der Waals surface area contributed by atoms with Gasteiger partial charge in [-0.2, -0.15) is 11.8 Å². The normalized spacial score (nSPS) is 36.1. The second-order valence-electron chi connectivity index (χ2n) is 3.27. The first kappa shape index (κ1) is 9.86. The van der Waals surface area contributed by atoms with Crippen LogP contribution in [0, 0.1) is 5.41 Å². The van der Waals surface area contributed by atoms with Gasteiger partial charge < -0.3 is 9.84 Å². The van der Waals surface area contributed by atoms with Gasteiger partial charge in [0.25, 0.3) is 0 Å². The molecule has 4 heteroatoms. The average molecular weight is 190 g/mol. The standard InChI is InChI=1S/C8H14O3S/c1-8(7(10)11-2)5-12-4-3-6(8)9/h6,9H,3-5H2,1-2H3. The van der Waals surface area contributed by atoms with Crippen molar-refractivity contribution in [3.05, 3.63) is 0 Å². The van der Waals surface area contributed by atoms with Gasteiger partial charge in [-0.25, -0.2) is 0 Å². The highest BCUT2D eigenvalue weighted by Gasteiger charge is 2.43. The molecule has 12 heavy (non-hydrogen) atoms. The molecule has 1 N–H and O–H groups in total. The molecule has 2 unspecified atom stereocenters. The van der Waals surface area contributed by atoms with Crippen LogP contribution in [-0.2, 0) is 9.53 Å². The summed E-state index contributed by atoms with van der Waals surface area (Å²) < 4.78 is 4.65. The Morgan fingerprint density at radius 1 is 1.75 bits per heavy atom. The van der Waals surface area contributed by atoms with Crippen molar-refractivity contribution in [3.63, 3.8) is 0 Å². The summed E-state index contributed by atoms with van der Waals surface area (Å²) in [4.78, 5) is 11.3. The number of aliphatic hydroxyl groups is 1. The first-order valence-corrected chi connectivity index (χ1v) is 5.11. The fraction of sp³-hybridized carbons (Fsp3) is 0.875. The molecule has 0 bridgehead atoms. The predicted octanol–water partition coefficient (Wildman–Crippen LogP) is 0.663. The van der Waals surface area contributed by atoms with E-state index in [1.807, 2.05) is 0 Å². The molecule has 1 heterocycles. The molecule has 1 rings (SSSR count). The lowest BCUT2D eigenvalue weighted by Gasteiger charge is -2.34. The van der Waals surface area contributed by atoms with E-state index in [0.717, 1.165) is 5.75 Å². The van der Waals surface area contributed by atoms with Gasteiger partial charge in [-0.15, -0.1) is 0 Å². The van der Waals surface area contributed by atoms with E-state index in [-0.39, 0.29) is 5.97 Å².